The van der Waals surface area contributed by atoms with Gasteiger partial charge in [0.25, 0.3) is 0 Å². The van der Waals surface area contributed by atoms with Gasteiger partial charge in [0.1, 0.15) is 58.1 Å². The van der Waals surface area contributed by atoms with Gasteiger partial charge >= 0.3 is 0 Å². The third-order valence-corrected chi connectivity index (χ3v) is 11.4. The highest BCUT2D eigenvalue weighted by Gasteiger charge is 1.97. The number of nitrogens with one attached hydrogen (secondary N) is 6. The van der Waals surface area contributed by atoms with Crippen molar-refractivity contribution in [1.82, 2.24) is 90.2 Å². The fourth-order valence-corrected chi connectivity index (χ4v) is 7.70. The summed E-state index contributed by atoms with van der Waals surface area (Å²) in [5.41, 5.74) is 9.56. The van der Waals surface area contributed by atoms with E-state index in [-0.39, 0.29) is 0 Å². The predicted octanol–water partition coefficient (Wildman–Crippen LogP) is 13.9. The fraction of sp³-hybridized carbons (Fsp3) is 0.433. The van der Waals surface area contributed by atoms with Gasteiger partial charge < -0.3 is 28.8 Å². The van der Waals surface area contributed by atoms with Gasteiger partial charge in [0.2, 0.25) is 0 Å². The Bertz CT molecular complexity index is 2610. The van der Waals surface area contributed by atoms with E-state index < -0.39 is 0 Å². The lowest BCUT2D eigenvalue weighted by molar-refractivity contribution is 0.494. The summed E-state index contributed by atoms with van der Waals surface area (Å²) in [4.78, 5) is 62.5. The number of nitrogens with zero attached hydrogens (tertiary/aromatic N) is 14. The van der Waals surface area contributed by atoms with Gasteiger partial charge in [0.05, 0.1) is 35.5 Å². The molecule has 10 aromatic rings. The maximum absolute atomic E-state index is 4.97. The molecule has 0 atom stereocenters. The minimum absolute atomic E-state index is 0.734. The maximum atomic E-state index is 4.97. The zero-order valence-electron chi connectivity index (χ0n) is 54.1. The maximum Gasteiger partial charge on any atom is 0.191 e. The Morgan fingerprint density at radius 2 is 0.643 bits per heavy atom. The van der Waals surface area contributed by atoms with Crippen molar-refractivity contribution in [2.24, 2.45) is 9.98 Å². The van der Waals surface area contributed by atoms with Crippen molar-refractivity contribution in [3.8, 4) is 0 Å². The summed E-state index contributed by atoms with van der Waals surface area (Å²) in [6.07, 6.45) is 18.7. The van der Waals surface area contributed by atoms with Crippen LogP contribution < -0.4 is 0 Å². The summed E-state index contributed by atoms with van der Waals surface area (Å²) in [5, 5.41) is 15.3. The van der Waals surface area contributed by atoms with Crippen LogP contribution in [-0.4, -0.2) is 115 Å². The highest BCUT2D eigenvalue weighted by molar-refractivity contribution is 7.11. The molecule has 6 N–H and O–H groups in total. The first-order valence-electron chi connectivity index (χ1n) is 27.0. The monoisotopic (exact) mass is 1190 g/mol. The fourth-order valence-electron chi connectivity index (χ4n) is 6.35. The molecule has 0 amide bonds. The molecular formula is C60H92N20O2S2. The number of oxazole rings is 2. The van der Waals surface area contributed by atoms with Gasteiger partial charge in [-0.3, -0.25) is 20.2 Å². The zero-order valence-corrected chi connectivity index (χ0v) is 55.7. The van der Waals surface area contributed by atoms with Crippen LogP contribution in [0, 0.1) is 138 Å². The molecule has 0 bridgehead atoms. The molecule has 84 heavy (non-hydrogen) atoms. The Balaban J connectivity index is 0.000000458. The van der Waals surface area contributed by atoms with Crippen LogP contribution in [-0.2, 0) is 0 Å². The lowest BCUT2D eigenvalue weighted by Crippen LogP contribution is -1.73. The Kier molecular flexibility index (Phi) is 35.7. The van der Waals surface area contributed by atoms with E-state index in [0.717, 1.165) is 127 Å². The van der Waals surface area contributed by atoms with E-state index in [4.69, 9.17) is 8.83 Å². The van der Waals surface area contributed by atoms with Crippen molar-refractivity contribution in [3.63, 3.8) is 0 Å². The van der Waals surface area contributed by atoms with Crippen LogP contribution >= 0.6 is 22.7 Å². The second-order valence-electron chi connectivity index (χ2n) is 19.4. The molecule has 12 heterocycles. The molecule has 0 radical (unpaired) electrons. The summed E-state index contributed by atoms with van der Waals surface area (Å²) >= 11 is 3.46. The van der Waals surface area contributed by atoms with Gasteiger partial charge in [0.15, 0.2) is 11.8 Å². The number of H-pyrrole nitrogens is 6. The van der Waals surface area contributed by atoms with Gasteiger partial charge in [-0.15, -0.1) is 22.7 Å². The number of aromatic amines is 6. The summed E-state index contributed by atoms with van der Waals surface area (Å²) < 4.78 is 9.94. The predicted molar refractivity (Wildman–Crippen MR) is 343 cm³/mol. The summed E-state index contributed by atoms with van der Waals surface area (Å²) in [7, 11) is 0. The van der Waals surface area contributed by atoms with Gasteiger partial charge in [-0.2, -0.15) is 10.2 Å². The van der Waals surface area contributed by atoms with Gasteiger partial charge in [-0.25, -0.2) is 49.8 Å². The average Bonchev–Trinajstić information content (AvgIpc) is 4.22. The van der Waals surface area contributed by atoms with E-state index >= 15 is 0 Å². The van der Waals surface area contributed by atoms with Crippen molar-refractivity contribution in [3.05, 3.63) is 185 Å². The first-order chi connectivity index (χ1) is 39.5. The van der Waals surface area contributed by atoms with E-state index in [2.05, 4.69) is 140 Å². The second-order valence-corrected chi connectivity index (χ2v) is 22.3. The third kappa shape index (κ3) is 39.1. The van der Waals surface area contributed by atoms with Crippen LogP contribution in [0.2, 0.25) is 0 Å². The molecule has 0 spiro atoms. The highest BCUT2D eigenvalue weighted by atomic mass is 32.1. The van der Waals surface area contributed by atoms with Crippen LogP contribution in [0.3, 0.4) is 0 Å². The first-order valence-corrected chi connectivity index (χ1v) is 28.7. The third-order valence-electron chi connectivity index (χ3n) is 9.75. The standard InChI is InChI=1S/2C6H9N.4C5H8N2.2C5H7NO.2C5H7NS.2C4H7N3/c2*1-5-3-6(2)7-4-5;8*1-4-3-6-5(2)7-4;2*1-3-5-4(2)7-6-3/h2*3H,4H2,1-2H3;4*3H,1-2H3,(H,6,7);4*3H,1-2H3;2*1-2H3,(H,5,6,7). The number of hydrogen-bond donors (Lipinski definition) is 6. The average molecular weight is 1190 g/mol. The van der Waals surface area contributed by atoms with Crippen molar-refractivity contribution in [2.45, 2.75) is 166 Å². The number of aryl methyl sites for hydroxylation is 20. The first kappa shape index (κ1) is 73.6. The largest absolute Gasteiger partial charge is 0.446 e. The molecule has 24 heteroatoms. The number of hydrogen-bond acceptors (Lipinski definition) is 18. The lowest BCUT2D eigenvalue weighted by atomic mass is 10.3. The Hall–Kier alpha value is -8.38. The molecule has 0 saturated carbocycles. The molecule has 0 saturated heterocycles. The molecule has 12 rings (SSSR count). The summed E-state index contributed by atoms with van der Waals surface area (Å²) in [5.74, 6) is 10.5. The van der Waals surface area contributed by atoms with Crippen molar-refractivity contribution < 1.29 is 8.83 Å². The molecule has 0 fully saturated rings. The molecule has 0 unspecified atom stereocenters. The smallest absolute Gasteiger partial charge is 0.191 e. The van der Waals surface area contributed by atoms with E-state index in [1.54, 1.807) is 35.1 Å². The molecule has 2 aliphatic rings. The number of aliphatic imine (C=N–C) groups is 2. The summed E-state index contributed by atoms with van der Waals surface area (Å²) in [6.45, 7) is 48.8. The topological polar surface area (TPSA) is 300 Å². The van der Waals surface area contributed by atoms with Crippen LogP contribution in [0.5, 0.6) is 0 Å². The Labute approximate surface area is 505 Å². The molecule has 0 aromatic carbocycles. The van der Waals surface area contributed by atoms with Crippen molar-refractivity contribution >= 4 is 34.1 Å². The van der Waals surface area contributed by atoms with Crippen LogP contribution in [0.25, 0.3) is 0 Å². The molecule has 0 aliphatic carbocycles. The van der Waals surface area contributed by atoms with Crippen molar-refractivity contribution in [2.75, 3.05) is 13.1 Å². The van der Waals surface area contributed by atoms with E-state index in [1.807, 2.05) is 176 Å². The number of thiazole rings is 2. The van der Waals surface area contributed by atoms with E-state index in [9.17, 15) is 0 Å². The molecule has 456 valence electrons. The van der Waals surface area contributed by atoms with Crippen LogP contribution in [0.1, 0.15) is 140 Å². The SMILES string of the molecule is CC1=CC(C)=NC1.CC1=CC(C)=NC1.Cc1cnc(C)[nH]1.Cc1cnc(C)[nH]1.Cc1cnc(C)[nH]1.Cc1cnc(C)[nH]1.Cc1cnc(C)o1.Cc1cnc(C)o1.Cc1cnc(C)s1.Cc1cnc(C)s1.Cc1n[nH]c(C)n1.Cc1n[nH]c(C)n1. The van der Waals surface area contributed by atoms with Gasteiger partial charge in [-0.05, 0) is 164 Å². The Morgan fingerprint density at radius 3 is 0.702 bits per heavy atom. The van der Waals surface area contributed by atoms with Crippen LogP contribution in [0.15, 0.2) is 91.7 Å². The molecule has 2 aliphatic heterocycles. The quantitative estimate of drug-likeness (QED) is 0.0823. The van der Waals surface area contributed by atoms with Crippen molar-refractivity contribution in [1.29, 1.82) is 0 Å². The summed E-state index contributed by atoms with van der Waals surface area (Å²) in [6, 6.07) is 0. The highest BCUT2D eigenvalue weighted by Crippen LogP contribution is 2.09. The molecular weight excluding hydrogens is 1100 g/mol. The van der Waals surface area contributed by atoms with E-state index in [0.29, 0.717) is 0 Å². The van der Waals surface area contributed by atoms with Crippen LogP contribution in [0.4, 0.5) is 0 Å². The normalized spacial score (nSPS) is 11.0. The number of allylic oxidation sites excluding steroid dienone is 2. The van der Waals surface area contributed by atoms with E-state index in [1.165, 1.54) is 20.9 Å². The van der Waals surface area contributed by atoms with Gasteiger partial charge in [0, 0.05) is 95.0 Å². The zero-order chi connectivity index (χ0) is 63.3. The second kappa shape index (κ2) is 40.8. The molecule has 22 nitrogen and oxygen atoms in total. The van der Waals surface area contributed by atoms with Gasteiger partial charge in [-0.1, -0.05) is 11.1 Å². The number of aromatic nitrogens is 18. The minimum Gasteiger partial charge on any atom is -0.446 e. The lowest BCUT2D eigenvalue weighted by Gasteiger charge is -1.77. The Morgan fingerprint density at radius 1 is 0.345 bits per heavy atom. The minimum atomic E-state index is 0.734. The molecule has 10 aromatic heterocycles. The number of rotatable bonds is 0. The number of imidazole rings is 4.